The van der Waals surface area contributed by atoms with Crippen LogP contribution in [-0.4, -0.2) is 65.5 Å². The van der Waals surface area contributed by atoms with Crippen molar-refractivity contribution in [3.63, 3.8) is 0 Å². The van der Waals surface area contributed by atoms with Gasteiger partial charge in [0.05, 0.1) is 6.54 Å². The zero-order valence-electron chi connectivity index (χ0n) is 16.0. The van der Waals surface area contributed by atoms with Gasteiger partial charge in [-0.3, -0.25) is 9.69 Å². The summed E-state index contributed by atoms with van der Waals surface area (Å²) in [5, 5.41) is 0. The first kappa shape index (κ1) is 18.3. The lowest BCUT2D eigenvalue weighted by molar-refractivity contribution is -0.130. The predicted octanol–water partition coefficient (Wildman–Crippen LogP) is 2.31. The predicted molar refractivity (Wildman–Crippen MR) is 105 cm³/mol. The maximum atomic E-state index is 12.7. The summed E-state index contributed by atoms with van der Waals surface area (Å²) >= 11 is 0. The minimum absolute atomic E-state index is 0.0356. The molecule has 7 heteroatoms. The Morgan fingerprint density at radius 3 is 2.71 bits per heavy atom. The highest BCUT2D eigenvalue weighted by Crippen LogP contribution is 2.21. The molecule has 0 aliphatic carbocycles. The molecule has 2 aromatic rings. The number of ether oxygens (including phenoxy) is 1. The number of amides is 3. The molecule has 0 N–H and O–H groups in total. The van der Waals surface area contributed by atoms with Crippen LogP contribution in [0.2, 0.25) is 0 Å². The Bertz CT molecular complexity index is 858. The minimum atomic E-state index is -0.115. The van der Waals surface area contributed by atoms with Gasteiger partial charge in [0.25, 0.3) is 0 Å². The van der Waals surface area contributed by atoms with Crippen LogP contribution in [0.25, 0.3) is 0 Å². The lowest BCUT2D eigenvalue weighted by Crippen LogP contribution is -2.42. The summed E-state index contributed by atoms with van der Waals surface area (Å²) in [4.78, 5) is 34.8. The van der Waals surface area contributed by atoms with Crippen LogP contribution >= 0.6 is 0 Å². The zero-order valence-corrected chi connectivity index (χ0v) is 16.0. The molecule has 0 radical (unpaired) electrons. The molecule has 0 bridgehead atoms. The number of pyridine rings is 1. The second kappa shape index (κ2) is 7.88. The molecule has 1 atom stereocenters. The molecule has 3 heterocycles. The van der Waals surface area contributed by atoms with Crippen molar-refractivity contribution in [1.29, 1.82) is 0 Å². The van der Waals surface area contributed by atoms with Crippen LogP contribution in [0.5, 0.6) is 5.88 Å². The van der Waals surface area contributed by atoms with Gasteiger partial charge in [0, 0.05) is 43.5 Å². The number of urea groups is 1. The summed E-state index contributed by atoms with van der Waals surface area (Å²) < 4.78 is 5.91. The van der Waals surface area contributed by atoms with E-state index in [0.29, 0.717) is 32.1 Å². The van der Waals surface area contributed by atoms with E-state index in [2.05, 4.69) is 4.98 Å². The van der Waals surface area contributed by atoms with Gasteiger partial charge < -0.3 is 14.5 Å². The molecule has 1 aromatic carbocycles. The number of hydrogen-bond acceptors (Lipinski definition) is 4. The summed E-state index contributed by atoms with van der Waals surface area (Å²) in [6.45, 7) is 4.35. The van der Waals surface area contributed by atoms with E-state index < -0.39 is 0 Å². The molecule has 28 heavy (non-hydrogen) atoms. The number of rotatable bonds is 5. The monoisotopic (exact) mass is 380 g/mol. The highest BCUT2D eigenvalue weighted by atomic mass is 16.5. The molecule has 1 aromatic heterocycles. The Labute approximate surface area is 164 Å². The summed E-state index contributed by atoms with van der Waals surface area (Å²) in [7, 11) is 0. The van der Waals surface area contributed by atoms with Gasteiger partial charge in [-0.2, -0.15) is 0 Å². The maximum Gasteiger partial charge on any atom is 0.325 e. The fraction of sp³-hybridized carbons (Fsp3) is 0.381. The number of anilines is 1. The van der Waals surface area contributed by atoms with Crippen molar-refractivity contribution in [2.24, 2.45) is 0 Å². The molecule has 0 spiro atoms. The number of nitrogens with zero attached hydrogens (tertiary/aromatic N) is 4. The number of aromatic nitrogens is 1. The van der Waals surface area contributed by atoms with Crippen LogP contribution in [0.15, 0.2) is 48.5 Å². The van der Waals surface area contributed by atoms with Crippen LogP contribution in [0.4, 0.5) is 10.5 Å². The average molecular weight is 380 g/mol. The summed E-state index contributed by atoms with van der Waals surface area (Å²) in [6, 6.07) is 15.1. The van der Waals surface area contributed by atoms with Gasteiger partial charge in [-0.25, -0.2) is 9.78 Å². The maximum absolute atomic E-state index is 12.7. The van der Waals surface area contributed by atoms with Gasteiger partial charge >= 0.3 is 6.03 Å². The molecular weight excluding hydrogens is 356 g/mol. The lowest BCUT2D eigenvalue weighted by atomic mass is 10.3. The normalized spacial score (nSPS) is 19.4. The molecule has 2 aliphatic rings. The first-order chi connectivity index (χ1) is 13.6. The first-order valence-electron chi connectivity index (χ1n) is 9.60. The molecule has 3 amide bonds. The highest BCUT2D eigenvalue weighted by Gasteiger charge is 2.34. The second-order valence-electron chi connectivity index (χ2n) is 7.18. The second-order valence-corrected chi connectivity index (χ2v) is 7.18. The van der Waals surface area contributed by atoms with E-state index in [1.165, 1.54) is 0 Å². The molecule has 2 saturated heterocycles. The fourth-order valence-corrected chi connectivity index (χ4v) is 3.65. The van der Waals surface area contributed by atoms with Gasteiger partial charge in [-0.1, -0.05) is 24.3 Å². The first-order valence-corrected chi connectivity index (χ1v) is 9.60. The van der Waals surface area contributed by atoms with Crippen LogP contribution in [0.3, 0.4) is 0 Å². The zero-order chi connectivity index (χ0) is 19.5. The van der Waals surface area contributed by atoms with E-state index in [0.717, 1.165) is 17.8 Å². The highest BCUT2D eigenvalue weighted by molar-refractivity contribution is 5.96. The van der Waals surface area contributed by atoms with Gasteiger partial charge in [0.15, 0.2) is 0 Å². The fourth-order valence-electron chi connectivity index (χ4n) is 3.65. The SMILES string of the molecule is Cc1cccc(OC2CCN(C(=O)CN3CCN(c4ccccc4)C3=O)C2)n1. The molecular formula is C21H24N4O3. The topological polar surface area (TPSA) is 66.0 Å². The van der Waals surface area contributed by atoms with E-state index in [4.69, 9.17) is 4.74 Å². The molecule has 1 unspecified atom stereocenters. The lowest BCUT2D eigenvalue weighted by Gasteiger charge is -2.22. The molecule has 2 aliphatic heterocycles. The van der Waals surface area contributed by atoms with Crippen LogP contribution in [0, 0.1) is 6.92 Å². The van der Waals surface area contributed by atoms with Crippen molar-refractivity contribution in [2.45, 2.75) is 19.4 Å². The Morgan fingerprint density at radius 2 is 1.93 bits per heavy atom. The summed E-state index contributed by atoms with van der Waals surface area (Å²) in [6.07, 6.45) is 0.708. The van der Waals surface area contributed by atoms with E-state index in [9.17, 15) is 9.59 Å². The molecule has 7 nitrogen and oxygen atoms in total. The third kappa shape index (κ3) is 3.93. The Kier molecular flexibility index (Phi) is 5.14. The van der Waals surface area contributed by atoms with Crippen molar-refractivity contribution in [2.75, 3.05) is 37.6 Å². The average Bonchev–Trinajstić information content (AvgIpc) is 3.30. The largest absolute Gasteiger partial charge is 0.472 e. The van der Waals surface area contributed by atoms with Crippen molar-refractivity contribution in [1.82, 2.24) is 14.8 Å². The smallest absolute Gasteiger partial charge is 0.325 e. The molecule has 0 saturated carbocycles. The number of carbonyl (C=O) groups is 2. The Morgan fingerprint density at radius 1 is 1.11 bits per heavy atom. The van der Waals surface area contributed by atoms with Crippen LogP contribution in [-0.2, 0) is 4.79 Å². The third-order valence-corrected chi connectivity index (χ3v) is 5.14. The van der Waals surface area contributed by atoms with Crippen molar-refractivity contribution >= 4 is 17.6 Å². The third-order valence-electron chi connectivity index (χ3n) is 5.14. The summed E-state index contributed by atoms with van der Waals surface area (Å²) in [5.41, 5.74) is 1.77. The van der Waals surface area contributed by atoms with E-state index in [-0.39, 0.29) is 24.6 Å². The molecule has 146 valence electrons. The quantitative estimate of drug-likeness (QED) is 0.798. The summed E-state index contributed by atoms with van der Waals surface area (Å²) in [5.74, 6) is 0.555. The number of para-hydroxylation sites is 1. The molecule has 2 fully saturated rings. The van der Waals surface area contributed by atoms with Gasteiger partial charge in [-0.15, -0.1) is 0 Å². The Balaban J connectivity index is 1.30. The van der Waals surface area contributed by atoms with Crippen LogP contribution < -0.4 is 9.64 Å². The molecule has 4 rings (SSSR count). The van der Waals surface area contributed by atoms with Crippen molar-refractivity contribution < 1.29 is 14.3 Å². The number of benzene rings is 1. The Hall–Kier alpha value is -3.09. The van der Waals surface area contributed by atoms with E-state index >= 15 is 0 Å². The van der Waals surface area contributed by atoms with E-state index in [1.807, 2.05) is 55.5 Å². The number of hydrogen-bond donors (Lipinski definition) is 0. The van der Waals surface area contributed by atoms with Crippen LogP contribution in [0.1, 0.15) is 12.1 Å². The van der Waals surface area contributed by atoms with Gasteiger partial charge in [0.2, 0.25) is 11.8 Å². The number of carbonyl (C=O) groups excluding carboxylic acids is 2. The van der Waals surface area contributed by atoms with Gasteiger partial charge in [0.1, 0.15) is 12.6 Å². The minimum Gasteiger partial charge on any atom is -0.472 e. The van der Waals surface area contributed by atoms with Gasteiger partial charge in [-0.05, 0) is 25.1 Å². The van der Waals surface area contributed by atoms with Crippen molar-refractivity contribution in [3.8, 4) is 5.88 Å². The number of aryl methyl sites for hydroxylation is 1. The van der Waals surface area contributed by atoms with Crippen molar-refractivity contribution in [3.05, 3.63) is 54.2 Å². The van der Waals surface area contributed by atoms with E-state index in [1.54, 1.807) is 14.7 Å². The standard InChI is InChI=1S/C21H24N4O3/c1-16-6-5-9-19(22-16)28-18-10-11-23(14-18)20(26)15-24-12-13-25(21(24)27)17-7-3-2-4-8-17/h2-9,18H,10-15H2,1H3. The number of likely N-dealkylation sites (tertiary alicyclic amines) is 1.